The van der Waals surface area contributed by atoms with Crippen molar-refractivity contribution in [1.82, 2.24) is 0 Å². The van der Waals surface area contributed by atoms with Crippen LogP contribution in [0, 0.1) is 0 Å². The van der Waals surface area contributed by atoms with Crippen LogP contribution >= 0.6 is 0 Å². The second-order valence-corrected chi connectivity index (χ2v) is 5.33. The van der Waals surface area contributed by atoms with E-state index in [9.17, 15) is 4.79 Å². The van der Waals surface area contributed by atoms with Gasteiger partial charge in [0.1, 0.15) is 0 Å². The standard InChI is InChI=1S/C18H22N2O/c1-14(15-7-3-2-4-8-15)11-12-20-17-10-6-5-9-16(17)13-18(19)21/h2-10,14,20H,11-13H2,1H3,(H2,19,21). The van der Waals surface area contributed by atoms with Gasteiger partial charge in [-0.3, -0.25) is 4.79 Å². The van der Waals surface area contributed by atoms with Crippen molar-refractivity contribution in [2.45, 2.75) is 25.7 Å². The van der Waals surface area contributed by atoms with Gasteiger partial charge in [-0.2, -0.15) is 0 Å². The number of nitrogens with two attached hydrogens (primary N) is 1. The van der Waals surface area contributed by atoms with Gasteiger partial charge in [0.15, 0.2) is 0 Å². The third-order valence-electron chi connectivity index (χ3n) is 3.64. The lowest BCUT2D eigenvalue weighted by molar-refractivity contribution is -0.117. The fourth-order valence-corrected chi connectivity index (χ4v) is 2.41. The first-order valence-electron chi connectivity index (χ1n) is 7.32. The highest BCUT2D eigenvalue weighted by Crippen LogP contribution is 2.20. The minimum absolute atomic E-state index is 0.275. The van der Waals surface area contributed by atoms with Gasteiger partial charge in [-0.15, -0.1) is 0 Å². The van der Waals surface area contributed by atoms with E-state index in [-0.39, 0.29) is 12.3 Å². The lowest BCUT2D eigenvalue weighted by Gasteiger charge is -2.15. The molecule has 1 unspecified atom stereocenters. The van der Waals surface area contributed by atoms with Crippen molar-refractivity contribution in [2.75, 3.05) is 11.9 Å². The summed E-state index contributed by atoms with van der Waals surface area (Å²) < 4.78 is 0. The number of anilines is 1. The number of para-hydroxylation sites is 1. The Balaban J connectivity index is 1.90. The van der Waals surface area contributed by atoms with Crippen LogP contribution < -0.4 is 11.1 Å². The SMILES string of the molecule is CC(CCNc1ccccc1CC(N)=O)c1ccccc1. The Morgan fingerprint density at radius 1 is 1.10 bits per heavy atom. The Morgan fingerprint density at radius 2 is 1.76 bits per heavy atom. The average molecular weight is 282 g/mol. The predicted octanol–water partition coefficient (Wildman–Crippen LogP) is 3.32. The van der Waals surface area contributed by atoms with Crippen LogP contribution in [0.4, 0.5) is 5.69 Å². The summed E-state index contributed by atoms with van der Waals surface area (Å²) in [5, 5.41) is 3.41. The molecule has 2 aromatic rings. The third kappa shape index (κ3) is 4.63. The van der Waals surface area contributed by atoms with Crippen LogP contribution in [-0.2, 0) is 11.2 Å². The summed E-state index contributed by atoms with van der Waals surface area (Å²) in [4.78, 5) is 11.1. The summed E-state index contributed by atoms with van der Waals surface area (Å²) in [7, 11) is 0. The van der Waals surface area contributed by atoms with Gasteiger partial charge in [-0.1, -0.05) is 55.5 Å². The van der Waals surface area contributed by atoms with E-state index in [2.05, 4.69) is 36.5 Å². The zero-order valence-electron chi connectivity index (χ0n) is 12.4. The number of hydrogen-bond donors (Lipinski definition) is 2. The predicted molar refractivity (Wildman–Crippen MR) is 87.3 cm³/mol. The van der Waals surface area contributed by atoms with E-state index >= 15 is 0 Å². The van der Waals surface area contributed by atoms with Gasteiger partial charge < -0.3 is 11.1 Å². The highest BCUT2D eigenvalue weighted by molar-refractivity contribution is 5.78. The van der Waals surface area contributed by atoms with Crippen LogP contribution in [-0.4, -0.2) is 12.5 Å². The summed E-state index contributed by atoms with van der Waals surface area (Å²) in [6.07, 6.45) is 1.31. The van der Waals surface area contributed by atoms with Gasteiger partial charge in [-0.25, -0.2) is 0 Å². The smallest absolute Gasteiger partial charge is 0.221 e. The van der Waals surface area contributed by atoms with E-state index in [0.29, 0.717) is 5.92 Å². The number of hydrogen-bond acceptors (Lipinski definition) is 2. The molecule has 0 aliphatic carbocycles. The lowest BCUT2D eigenvalue weighted by atomic mass is 9.98. The molecule has 0 aliphatic heterocycles. The van der Waals surface area contributed by atoms with E-state index in [1.165, 1.54) is 5.56 Å². The molecule has 110 valence electrons. The Bertz CT molecular complexity index is 581. The largest absolute Gasteiger partial charge is 0.385 e. The topological polar surface area (TPSA) is 55.1 Å². The molecule has 0 spiro atoms. The molecular formula is C18H22N2O. The summed E-state index contributed by atoms with van der Waals surface area (Å²) in [5.74, 6) is 0.198. The van der Waals surface area contributed by atoms with Crippen molar-refractivity contribution in [2.24, 2.45) is 5.73 Å². The molecule has 1 atom stereocenters. The molecule has 0 radical (unpaired) electrons. The number of rotatable bonds is 7. The highest BCUT2D eigenvalue weighted by Gasteiger charge is 2.07. The molecule has 3 N–H and O–H groups in total. The average Bonchev–Trinajstić information content (AvgIpc) is 2.49. The summed E-state index contributed by atoms with van der Waals surface area (Å²) in [6, 6.07) is 18.3. The van der Waals surface area contributed by atoms with E-state index < -0.39 is 0 Å². The Labute approximate surface area is 126 Å². The molecule has 0 saturated carbocycles. The number of primary amides is 1. The Morgan fingerprint density at radius 3 is 2.48 bits per heavy atom. The van der Waals surface area contributed by atoms with Crippen LogP contribution in [0.25, 0.3) is 0 Å². The van der Waals surface area contributed by atoms with E-state index in [4.69, 9.17) is 5.73 Å². The van der Waals surface area contributed by atoms with Gasteiger partial charge >= 0.3 is 0 Å². The van der Waals surface area contributed by atoms with Gasteiger partial charge in [0.05, 0.1) is 6.42 Å². The van der Waals surface area contributed by atoms with Crippen LogP contribution in [0.2, 0.25) is 0 Å². The van der Waals surface area contributed by atoms with Gasteiger partial charge in [0, 0.05) is 12.2 Å². The first-order chi connectivity index (χ1) is 10.2. The minimum Gasteiger partial charge on any atom is -0.385 e. The normalized spacial score (nSPS) is 11.9. The molecule has 0 heterocycles. The molecule has 2 rings (SSSR count). The fourth-order valence-electron chi connectivity index (χ4n) is 2.41. The molecule has 3 heteroatoms. The first kappa shape index (κ1) is 15.1. The van der Waals surface area contributed by atoms with Crippen molar-refractivity contribution in [3.05, 3.63) is 65.7 Å². The van der Waals surface area contributed by atoms with Gasteiger partial charge in [-0.05, 0) is 29.5 Å². The third-order valence-corrected chi connectivity index (χ3v) is 3.64. The zero-order valence-corrected chi connectivity index (χ0v) is 12.4. The molecule has 1 amide bonds. The van der Waals surface area contributed by atoms with Crippen LogP contribution in [0.5, 0.6) is 0 Å². The van der Waals surface area contributed by atoms with Crippen molar-refractivity contribution in [1.29, 1.82) is 0 Å². The molecule has 21 heavy (non-hydrogen) atoms. The molecule has 3 nitrogen and oxygen atoms in total. The van der Waals surface area contributed by atoms with Crippen molar-refractivity contribution in [3.8, 4) is 0 Å². The second kappa shape index (κ2) is 7.48. The number of nitrogens with one attached hydrogen (secondary N) is 1. The molecule has 0 fully saturated rings. The van der Waals surface area contributed by atoms with Gasteiger partial charge in [0.2, 0.25) is 5.91 Å². The molecular weight excluding hydrogens is 260 g/mol. The number of carbonyl (C=O) groups is 1. The Hall–Kier alpha value is -2.29. The Kier molecular flexibility index (Phi) is 5.38. The summed E-state index contributed by atoms with van der Waals surface area (Å²) in [5.41, 5.74) is 8.58. The summed E-state index contributed by atoms with van der Waals surface area (Å²) in [6.45, 7) is 3.10. The van der Waals surface area contributed by atoms with Crippen molar-refractivity contribution >= 4 is 11.6 Å². The number of benzene rings is 2. The quantitative estimate of drug-likeness (QED) is 0.818. The lowest BCUT2D eigenvalue weighted by Crippen LogP contribution is -2.15. The van der Waals surface area contributed by atoms with Crippen molar-refractivity contribution < 1.29 is 4.79 Å². The maximum Gasteiger partial charge on any atom is 0.221 e. The van der Waals surface area contributed by atoms with E-state index in [1.54, 1.807) is 0 Å². The molecule has 0 saturated heterocycles. The van der Waals surface area contributed by atoms with E-state index in [0.717, 1.165) is 24.2 Å². The number of amides is 1. The van der Waals surface area contributed by atoms with Crippen LogP contribution in [0.1, 0.15) is 30.4 Å². The maximum absolute atomic E-state index is 11.1. The van der Waals surface area contributed by atoms with Crippen LogP contribution in [0.3, 0.4) is 0 Å². The zero-order chi connectivity index (χ0) is 15.1. The molecule has 0 aromatic heterocycles. The first-order valence-corrected chi connectivity index (χ1v) is 7.32. The fraction of sp³-hybridized carbons (Fsp3) is 0.278. The monoisotopic (exact) mass is 282 g/mol. The van der Waals surface area contributed by atoms with Crippen LogP contribution in [0.15, 0.2) is 54.6 Å². The number of carbonyl (C=O) groups excluding carboxylic acids is 1. The second-order valence-electron chi connectivity index (χ2n) is 5.33. The van der Waals surface area contributed by atoms with Gasteiger partial charge in [0.25, 0.3) is 0 Å². The maximum atomic E-state index is 11.1. The molecule has 0 aliphatic rings. The molecule has 0 bridgehead atoms. The highest BCUT2D eigenvalue weighted by atomic mass is 16.1. The van der Waals surface area contributed by atoms with E-state index in [1.807, 2.05) is 30.3 Å². The van der Waals surface area contributed by atoms with Crippen molar-refractivity contribution in [3.63, 3.8) is 0 Å². The molecule has 2 aromatic carbocycles. The summed E-state index contributed by atoms with van der Waals surface area (Å²) >= 11 is 0. The minimum atomic E-state index is -0.304.